The Hall–Kier alpha value is -2.46. The number of hydrogen-bond acceptors (Lipinski definition) is 4. The first-order chi connectivity index (χ1) is 10.0. The molecule has 106 valence electrons. The molecule has 21 heavy (non-hydrogen) atoms. The first kappa shape index (κ1) is 14.9. The molecular formula is C14H9BrFN3O2. The van der Waals surface area contributed by atoms with E-state index in [4.69, 9.17) is 5.26 Å². The van der Waals surface area contributed by atoms with Crippen LogP contribution in [0.15, 0.2) is 40.9 Å². The number of rotatable bonds is 4. The molecule has 0 aliphatic rings. The molecule has 2 rings (SSSR count). The van der Waals surface area contributed by atoms with Gasteiger partial charge in [-0.15, -0.1) is 0 Å². The summed E-state index contributed by atoms with van der Waals surface area (Å²) in [6, 6.07) is 10.3. The highest BCUT2D eigenvalue weighted by Crippen LogP contribution is 2.24. The maximum atomic E-state index is 13.2. The third kappa shape index (κ3) is 3.55. The quantitative estimate of drug-likeness (QED) is 0.668. The van der Waals surface area contributed by atoms with Crippen molar-refractivity contribution in [2.45, 2.75) is 6.54 Å². The lowest BCUT2D eigenvalue weighted by molar-refractivity contribution is -0.385. The second kappa shape index (κ2) is 6.33. The lowest BCUT2D eigenvalue weighted by Gasteiger charge is -2.09. The van der Waals surface area contributed by atoms with Crippen LogP contribution in [0.5, 0.6) is 0 Å². The zero-order valence-electron chi connectivity index (χ0n) is 10.6. The molecule has 2 aromatic rings. The second-order valence-electron chi connectivity index (χ2n) is 4.19. The summed E-state index contributed by atoms with van der Waals surface area (Å²) in [5, 5.41) is 22.9. The van der Waals surface area contributed by atoms with Crippen molar-refractivity contribution >= 4 is 27.3 Å². The van der Waals surface area contributed by atoms with E-state index in [0.29, 0.717) is 11.3 Å². The van der Waals surface area contributed by atoms with E-state index in [1.807, 2.05) is 6.07 Å². The summed E-state index contributed by atoms with van der Waals surface area (Å²) in [4.78, 5) is 10.4. The lowest BCUT2D eigenvalue weighted by Crippen LogP contribution is -2.05. The van der Waals surface area contributed by atoms with Crippen LogP contribution in [0.3, 0.4) is 0 Å². The number of nitrogens with one attached hydrogen (secondary N) is 1. The average molecular weight is 350 g/mol. The Labute approximate surface area is 128 Å². The molecule has 0 atom stereocenters. The first-order valence-corrected chi connectivity index (χ1v) is 6.67. The van der Waals surface area contributed by atoms with Gasteiger partial charge in [0.05, 0.1) is 21.7 Å². The highest BCUT2D eigenvalue weighted by Gasteiger charge is 2.14. The Morgan fingerprint density at radius 3 is 2.76 bits per heavy atom. The molecule has 2 aromatic carbocycles. The summed E-state index contributed by atoms with van der Waals surface area (Å²) < 4.78 is 14.0. The molecule has 7 heteroatoms. The SMILES string of the molecule is N#Cc1ccc(Br)cc1NCc1cc(F)ccc1[N+](=O)[O-]. The topological polar surface area (TPSA) is 79.0 Å². The summed E-state index contributed by atoms with van der Waals surface area (Å²) in [7, 11) is 0. The zero-order valence-corrected chi connectivity index (χ0v) is 12.2. The van der Waals surface area contributed by atoms with Crippen molar-refractivity contribution in [2.75, 3.05) is 5.32 Å². The van der Waals surface area contributed by atoms with Crippen molar-refractivity contribution in [1.82, 2.24) is 0 Å². The molecular weight excluding hydrogens is 341 g/mol. The van der Waals surface area contributed by atoms with Crippen molar-refractivity contribution in [2.24, 2.45) is 0 Å². The van der Waals surface area contributed by atoms with Crippen LogP contribution in [-0.2, 0) is 6.54 Å². The minimum Gasteiger partial charge on any atom is -0.380 e. The van der Waals surface area contributed by atoms with Gasteiger partial charge in [0.2, 0.25) is 0 Å². The monoisotopic (exact) mass is 349 g/mol. The van der Waals surface area contributed by atoms with Gasteiger partial charge in [-0.1, -0.05) is 15.9 Å². The summed E-state index contributed by atoms with van der Waals surface area (Å²) in [5.41, 5.74) is 0.962. The molecule has 0 bridgehead atoms. The molecule has 1 N–H and O–H groups in total. The van der Waals surface area contributed by atoms with Crippen LogP contribution in [0.2, 0.25) is 0 Å². The zero-order chi connectivity index (χ0) is 15.4. The number of anilines is 1. The van der Waals surface area contributed by atoms with E-state index < -0.39 is 10.7 Å². The molecule has 0 fully saturated rings. The standard InChI is InChI=1S/C14H9BrFN3O2/c15-11-2-1-9(7-17)13(6-11)18-8-10-5-12(16)3-4-14(10)19(20)21/h1-6,18H,8H2. The maximum Gasteiger partial charge on any atom is 0.274 e. The van der Waals surface area contributed by atoms with Gasteiger partial charge in [0.15, 0.2) is 0 Å². The smallest absolute Gasteiger partial charge is 0.274 e. The fourth-order valence-corrected chi connectivity index (χ4v) is 2.19. The van der Waals surface area contributed by atoms with Gasteiger partial charge >= 0.3 is 0 Å². The fraction of sp³-hybridized carbons (Fsp3) is 0.0714. The molecule has 0 unspecified atom stereocenters. The predicted molar refractivity (Wildman–Crippen MR) is 79.2 cm³/mol. The highest BCUT2D eigenvalue weighted by atomic mass is 79.9. The van der Waals surface area contributed by atoms with Crippen LogP contribution >= 0.6 is 15.9 Å². The Kier molecular flexibility index (Phi) is 4.50. The molecule has 0 saturated heterocycles. The number of nitro benzene ring substituents is 1. The van der Waals surface area contributed by atoms with Gasteiger partial charge in [0.25, 0.3) is 5.69 Å². The van der Waals surface area contributed by atoms with E-state index in [1.165, 1.54) is 0 Å². The maximum absolute atomic E-state index is 13.2. The molecule has 0 aromatic heterocycles. The van der Waals surface area contributed by atoms with E-state index in [1.54, 1.807) is 18.2 Å². The Bertz CT molecular complexity index is 743. The largest absolute Gasteiger partial charge is 0.380 e. The predicted octanol–water partition coefficient (Wildman–Crippen LogP) is 3.98. The van der Waals surface area contributed by atoms with Gasteiger partial charge in [-0.05, 0) is 30.3 Å². The minimum absolute atomic E-state index is 0.0409. The van der Waals surface area contributed by atoms with Gasteiger partial charge < -0.3 is 5.32 Å². The number of halogens is 2. The number of hydrogen-bond donors (Lipinski definition) is 1. The third-order valence-electron chi connectivity index (χ3n) is 2.81. The van der Waals surface area contributed by atoms with Crippen LogP contribution in [-0.4, -0.2) is 4.92 Å². The van der Waals surface area contributed by atoms with Crippen molar-refractivity contribution in [3.8, 4) is 6.07 Å². The average Bonchev–Trinajstić information content (AvgIpc) is 2.45. The Morgan fingerprint density at radius 2 is 2.10 bits per heavy atom. The summed E-state index contributed by atoms with van der Waals surface area (Å²) >= 11 is 3.28. The summed E-state index contributed by atoms with van der Waals surface area (Å²) in [5.74, 6) is -0.549. The van der Waals surface area contributed by atoms with Crippen molar-refractivity contribution < 1.29 is 9.31 Å². The van der Waals surface area contributed by atoms with Gasteiger partial charge in [0.1, 0.15) is 11.9 Å². The van der Waals surface area contributed by atoms with Gasteiger partial charge in [-0.3, -0.25) is 10.1 Å². The Balaban J connectivity index is 2.29. The molecule has 0 radical (unpaired) electrons. The second-order valence-corrected chi connectivity index (χ2v) is 5.10. The molecule has 0 aliphatic carbocycles. The number of nitriles is 1. The molecule has 0 amide bonds. The normalized spacial score (nSPS) is 9.95. The van der Waals surface area contributed by atoms with Crippen molar-refractivity contribution in [3.05, 3.63) is 67.9 Å². The lowest BCUT2D eigenvalue weighted by atomic mass is 10.1. The highest BCUT2D eigenvalue weighted by molar-refractivity contribution is 9.10. The minimum atomic E-state index is -0.567. The summed E-state index contributed by atoms with van der Waals surface area (Å²) in [6.07, 6.45) is 0. The van der Waals surface area contributed by atoms with Crippen molar-refractivity contribution in [3.63, 3.8) is 0 Å². The van der Waals surface area contributed by atoms with E-state index >= 15 is 0 Å². The van der Waals surface area contributed by atoms with Gasteiger partial charge in [-0.2, -0.15) is 5.26 Å². The van der Waals surface area contributed by atoms with E-state index in [2.05, 4.69) is 21.2 Å². The van der Waals surface area contributed by atoms with Crippen LogP contribution in [0.25, 0.3) is 0 Å². The number of benzene rings is 2. The van der Waals surface area contributed by atoms with Crippen LogP contribution < -0.4 is 5.32 Å². The van der Waals surface area contributed by atoms with Gasteiger partial charge in [0, 0.05) is 17.1 Å². The Morgan fingerprint density at radius 1 is 1.33 bits per heavy atom. The van der Waals surface area contributed by atoms with Crippen molar-refractivity contribution in [1.29, 1.82) is 5.26 Å². The third-order valence-corrected chi connectivity index (χ3v) is 3.30. The fourth-order valence-electron chi connectivity index (χ4n) is 1.82. The molecule has 0 aliphatic heterocycles. The first-order valence-electron chi connectivity index (χ1n) is 5.87. The van der Waals surface area contributed by atoms with Crippen LogP contribution in [0, 0.1) is 27.3 Å². The molecule has 0 spiro atoms. The molecule has 5 nitrogen and oxygen atoms in total. The van der Waals surface area contributed by atoms with Crippen LogP contribution in [0.4, 0.5) is 15.8 Å². The van der Waals surface area contributed by atoms with Gasteiger partial charge in [-0.25, -0.2) is 4.39 Å². The molecule has 0 heterocycles. The summed E-state index contributed by atoms with van der Waals surface area (Å²) in [6.45, 7) is 0.0409. The number of nitrogens with zero attached hydrogens (tertiary/aromatic N) is 2. The van der Waals surface area contributed by atoms with Crippen LogP contribution in [0.1, 0.15) is 11.1 Å². The number of nitro groups is 1. The van der Waals surface area contributed by atoms with E-state index in [9.17, 15) is 14.5 Å². The molecule has 0 saturated carbocycles. The van der Waals surface area contributed by atoms with E-state index in [-0.39, 0.29) is 17.8 Å². The van der Waals surface area contributed by atoms with E-state index in [0.717, 1.165) is 22.7 Å².